The van der Waals surface area contributed by atoms with Crippen LogP contribution in [0.15, 0.2) is 82.9 Å². The third-order valence-electron chi connectivity index (χ3n) is 6.18. The molecule has 0 fully saturated rings. The number of nitrogens with one attached hydrogen (secondary N) is 1. The van der Waals surface area contributed by atoms with Crippen LogP contribution in [0.25, 0.3) is 0 Å². The van der Waals surface area contributed by atoms with Crippen LogP contribution in [-0.4, -0.2) is 33.0 Å². The number of nitrogens with zero attached hydrogens (tertiary/aromatic N) is 3. The maximum absolute atomic E-state index is 13.5. The van der Waals surface area contributed by atoms with Crippen LogP contribution in [0.5, 0.6) is 0 Å². The van der Waals surface area contributed by atoms with E-state index < -0.39 is 5.25 Å². The molecule has 1 N–H and O–H groups in total. The fraction of sp³-hybridized carbons (Fsp3) is 0.214. The highest BCUT2D eigenvalue weighted by Crippen LogP contribution is 2.38. The zero-order chi connectivity index (χ0) is 25.2. The summed E-state index contributed by atoms with van der Waals surface area (Å²) in [4.78, 5) is 29.6. The summed E-state index contributed by atoms with van der Waals surface area (Å²) in [7, 11) is 0. The van der Waals surface area contributed by atoms with Crippen molar-refractivity contribution >= 4 is 40.1 Å². The normalized spacial score (nSPS) is 19.3. The summed E-state index contributed by atoms with van der Waals surface area (Å²) in [5, 5.41) is 9.26. The van der Waals surface area contributed by atoms with Crippen LogP contribution in [0.2, 0.25) is 0 Å². The Balaban J connectivity index is 1.35. The van der Waals surface area contributed by atoms with Gasteiger partial charge in [-0.1, -0.05) is 71.4 Å². The van der Waals surface area contributed by atoms with Gasteiger partial charge in [-0.2, -0.15) is 10.1 Å². The number of carbonyl (C=O) groups is 2. The first-order valence-electron chi connectivity index (χ1n) is 11.7. The van der Waals surface area contributed by atoms with Gasteiger partial charge in [0.15, 0.2) is 5.17 Å². The van der Waals surface area contributed by atoms with E-state index in [9.17, 15) is 14.0 Å². The number of hydrogen-bond acceptors (Lipinski definition) is 5. The predicted molar refractivity (Wildman–Crippen MR) is 142 cm³/mol. The highest BCUT2D eigenvalue weighted by molar-refractivity contribution is 8.15. The summed E-state index contributed by atoms with van der Waals surface area (Å²) in [5.41, 5.74) is 5.58. The molecular formula is C28H25FN4O2S. The van der Waals surface area contributed by atoms with Gasteiger partial charge in [0, 0.05) is 18.5 Å². The molecule has 0 aliphatic carbocycles. The number of anilines is 1. The van der Waals surface area contributed by atoms with E-state index in [1.165, 1.54) is 23.9 Å². The van der Waals surface area contributed by atoms with Crippen molar-refractivity contribution in [1.29, 1.82) is 0 Å². The van der Waals surface area contributed by atoms with Gasteiger partial charge in [0.1, 0.15) is 11.1 Å². The highest BCUT2D eigenvalue weighted by atomic mass is 32.2. The first-order chi connectivity index (χ1) is 17.4. The molecule has 6 nitrogen and oxygen atoms in total. The van der Waals surface area contributed by atoms with Crippen molar-refractivity contribution in [2.75, 3.05) is 5.32 Å². The van der Waals surface area contributed by atoms with E-state index in [-0.39, 0.29) is 30.1 Å². The van der Waals surface area contributed by atoms with Gasteiger partial charge in [-0.25, -0.2) is 9.40 Å². The van der Waals surface area contributed by atoms with Gasteiger partial charge in [-0.05, 0) is 49.2 Å². The fourth-order valence-corrected chi connectivity index (χ4v) is 5.23. The van der Waals surface area contributed by atoms with Crippen molar-refractivity contribution in [2.24, 2.45) is 10.1 Å². The molecule has 2 heterocycles. The monoisotopic (exact) mass is 500 g/mol. The largest absolute Gasteiger partial charge is 0.326 e. The zero-order valence-corrected chi connectivity index (χ0v) is 20.8. The molecule has 0 aromatic heterocycles. The Bertz CT molecular complexity index is 1350. The minimum absolute atomic E-state index is 0.0158. The van der Waals surface area contributed by atoms with E-state index in [0.29, 0.717) is 17.3 Å². The molecular weight excluding hydrogens is 475 g/mol. The summed E-state index contributed by atoms with van der Waals surface area (Å²) in [6, 6.07) is 21.7. The Labute approximate surface area is 213 Å². The van der Waals surface area contributed by atoms with E-state index in [4.69, 9.17) is 5.10 Å². The van der Waals surface area contributed by atoms with Crippen LogP contribution in [0, 0.1) is 19.7 Å². The lowest BCUT2D eigenvalue weighted by molar-refractivity contribution is -0.121. The Morgan fingerprint density at radius 2 is 1.64 bits per heavy atom. The Morgan fingerprint density at radius 1 is 1.00 bits per heavy atom. The van der Waals surface area contributed by atoms with Crippen LogP contribution in [-0.2, 0) is 9.59 Å². The van der Waals surface area contributed by atoms with E-state index >= 15 is 0 Å². The van der Waals surface area contributed by atoms with Crippen LogP contribution < -0.4 is 5.32 Å². The zero-order valence-electron chi connectivity index (χ0n) is 19.9. The second-order valence-corrected chi connectivity index (χ2v) is 10.2. The lowest BCUT2D eigenvalue weighted by Gasteiger charge is -2.23. The Kier molecular flexibility index (Phi) is 6.69. The SMILES string of the molecule is Cc1ccc(NC(=O)CC2SC(N3N=C(c4ccc(F)cc4)CC3c3ccc(C)cc3)=NC2=O)cc1. The van der Waals surface area contributed by atoms with Crippen LogP contribution in [0.1, 0.15) is 41.1 Å². The standard InChI is InChI=1S/C28H25FN4O2S/c1-17-3-7-20(8-4-17)24-15-23(19-9-11-21(29)12-10-19)32-33(24)28-31-27(35)25(36-28)16-26(34)30-22-13-5-18(2)6-14-22/h3-14,24-25H,15-16H2,1-2H3,(H,30,34). The quantitative estimate of drug-likeness (QED) is 0.493. The maximum Gasteiger partial charge on any atom is 0.262 e. The van der Waals surface area contributed by atoms with Gasteiger partial charge in [0.05, 0.1) is 11.8 Å². The molecule has 36 heavy (non-hydrogen) atoms. The molecule has 0 radical (unpaired) electrons. The molecule has 0 bridgehead atoms. The van der Waals surface area contributed by atoms with Gasteiger partial charge in [-0.3, -0.25) is 9.59 Å². The molecule has 3 aromatic rings. The molecule has 2 amide bonds. The minimum Gasteiger partial charge on any atom is -0.326 e. The third-order valence-corrected chi connectivity index (χ3v) is 7.32. The van der Waals surface area contributed by atoms with Crippen LogP contribution in [0.4, 0.5) is 10.1 Å². The van der Waals surface area contributed by atoms with E-state index in [2.05, 4.69) is 10.3 Å². The van der Waals surface area contributed by atoms with Crippen molar-refractivity contribution in [3.63, 3.8) is 0 Å². The summed E-state index contributed by atoms with van der Waals surface area (Å²) < 4.78 is 13.5. The lowest BCUT2D eigenvalue weighted by atomic mass is 9.98. The average molecular weight is 501 g/mol. The van der Waals surface area contributed by atoms with Crippen molar-refractivity contribution in [3.05, 3.63) is 101 Å². The molecule has 2 aliphatic heterocycles. The van der Waals surface area contributed by atoms with E-state index in [0.717, 1.165) is 28.0 Å². The topological polar surface area (TPSA) is 74.1 Å². The predicted octanol–water partition coefficient (Wildman–Crippen LogP) is 5.62. The summed E-state index contributed by atoms with van der Waals surface area (Å²) in [6.07, 6.45) is 0.600. The number of hydrogen-bond donors (Lipinski definition) is 1. The van der Waals surface area contributed by atoms with Gasteiger partial charge >= 0.3 is 0 Å². The number of hydrazone groups is 1. The molecule has 8 heteroatoms. The number of amides is 2. The number of carbonyl (C=O) groups excluding carboxylic acids is 2. The van der Waals surface area contributed by atoms with Gasteiger partial charge < -0.3 is 5.32 Å². The minimum atomic E-state index is -0.616. The van der Waals surface area contributed by atoms with Crippen molar-refractivity contribution < 1.29 is 14.0 Å². The number of thioether (sulfide) groups is 1. The maximum atomic E-state index is 13.5. The van der Waals surface area contributed by atoms with Crippen molar-refractivity contribution in [1.82, 2.24) is 5.01 Å². The van der Waals surface area contributed by atoms with Crippen LogP contribution in [0.3, 0.4) is 0 Å². The number of aliphatic imine (C=N–C) groups is 1. The Hall–Kier alpha value is -3.78. The molecule has 182 valence electrons. The second-order valence-electron chi connectivity index (χ2n) is 8.99. The smallest absolute Gasteiger partial charge is 0.262 e. The van der Waals surface area contributed by atoms with Crippen LogP contribution >= 0.6 is 11.8 Å². The summed E-state index contributed by atoms with van der Waals surface area (Å²) >= 11 is 1.26. The Morgan fingerprint density at radius 3 is 2.31 bits per heavy atom. The molecule has 0 spiro atoms. The van der Waals surface area contributed by atoms with Gasteiger partial charge in [0.2, 0.25) is 5.91 Å². The molecule has 3 aromatic carbocycles. The second kappa shape index (κ2) is 10.1. The van der Waals surface area contributed by atoms with Crippen molar-refractivity contribution in [2.45, 2.75) is 38.0 Å². The first-order valence-corrected chi connectivity index (χ1v) is 12.6. The number of benzene rings is 3. The number of halogens is 1. The van der Waals surface area contributed by atoms with Gasteiger partial charge in [0.25, 0.3) is 5.91 Å². The molecule has 0 saturated heterocycles. The molecule has 5 rings (SSSR count). The molecule has 2 aliphatic rings. The van der Waals surface area contributed by atoms with Gasteiger partial charge in [-0.15, -0.1) is 0 Å². The first kappa shape index (κ1) is 23.9. The lowest BCUT2D eigenvalue weighted by Crippen LogP contribution is -2.25. The number of rotatable bonds is 5. The number of aryl methyl sites for hydroxylation is 2. The molecule has 2 atom stereocenters. The summed E-state index contributed by atoms with van der Waals surface area (Å²) in [6.45, 7) is 4.00. The summed E-state index contributed by atoms with van der Waals surface area (Å²) in [5.74, 6) is -0.896. The average Bonchev–Trinajstić information content (AvgIpc) is 3.45. The van der Waals surface area contributed by atoms with E-state index in [1.807, 2.05) is 62.4 Å². The number of amidine groups is 1. The third kappa shape index (κ3) is 5.23. The van der Waals surface area contributed by atoms with E-state index in [1.54, 1.807) is 17.1 Å². The molecule has 2 unspecified atom stereocenters. The van der Waals surface area contributed by atoms with Crippen molar-refractivity contribution in [3.8, 4) is 0 Å². The highest BCUT2D eigenvalue weighted by Gasteiger charge is 2.39. The fourth-order valence-electron chi connectivity index (χ4n) is 4.17. The molecule has 0 saturated carbocycles.